The molecule has 0 bridgehead atoms. The highest BCUT2D eigenvalue weighted by Gasteiger charge is 2.16. The van der Waals surface area contributed by atoms with Crippen LogP contribution in [-0.4, -0.2) is 29.8 Å². The van der Waals surface area contributed by atoms with Crippen LogP contribution in [-0.2, 0) is 9.59 Å². The summed E-state index contributed by atoms with van der Waals surface area (Å²) in [4.78, 5) is 26.1. The summed E-state index contributed by atoms with van der Waals surface area (Å²) in [5, 5.41) is 2.87. The average Bonchev–Trinajstić information content (AvgIpc) is 2.65. The molecule has 27 heavy (non-hydrogen) atoms. The molecule has 0 spiro atoms. The van der Waals surface area contributed by atoms with E-state index in [4.69, 9.17) is 4.74 Å². The smallest absolute Gasteiger partial charge is 0.224 e. The van der Waals surface area contributed by atoms with Gasteiger partial charge < -0.3 is 15.0 Å². The molecular formula is C22H28N2O3. The number of carbonyl (C=O) groups is 2. The quantitative estimate of drug-likeness (QED) is 0.698. The van der Waals surface area contributed by atoms with Crippen LogP contribution in [0.5, 0.6) is 11.5 Å². The van der Waals surface area contributed by atoms with Crippen LogP contribution in [0.1, 0.15) is 33.6 Å². The lowest BCUT2D eigenvalue weighted by Crippen LogP contribution is -2.32. The maximum absolute atomic E-state index is 12.2. The van der Waals surface area contributed by atoms with Crippen molar-refractivity contribution < 1.29 is 14.3 Å². The van der Waals surface area contributed by atoms with E-state index in [-0.39, 0.29) is 17.7 Å². The number of carbonyl (C=O) groups excluding carboxylic acids is 2. The van der Waals surface area contributed by atoms with Gasteiger partial charge in [-0.1, -0.05) is 25.1 Å². The highest BCUT2D eigenvalue weighted by molar-refractivity contribution is 5.91. The Morgan fingerprint density at radius 2 is 1.52 bits per heavy atom. The van der Waals surface area contributed by atoms with Gasteiger partial charge in [0.2, 0.25) is 11.8 Å². The van der Waals surface area contributed by atoms with Crippen LogP contribution < -0.4 is 10.1 Å². The number of nitrogens with zero attached hydrogens (tertiary/aromatic N) is 1. The number of anilines is 1. The molecule has 5 nitrogen and oxygen atoms in total. The van der Waals surface area contributed by atoms with E-state index in [1.54, 1.807) is 4.90 Å². The summed E-state index contributed by atoms with van der Waals surface area (Å²) in [6, 6.07) is 16.8. The summed E-state index contributed by atoms with van der Waals surface area (Å²) in [5.74, 6) is 1.48. The van der Waals surface area contributed by atoms with Gasteiger partial charge in [-0.2, -0.15) is 0 Å². The number of benzene rings is 2. The first-order chi connectivity index (χ1) is 13.0. The van der Waals surface area contributed by atoms with E-state index in [0.717, 1.165) is 5.75 Å². The Balaban J connectivity index is 1.82. The first-order valence-corrected chi connectivity index (χ1v) is 9.42. The number of nitrogens with one attached hydrogen (secondary N) is 1. The van der Waals surface area contributed by atoms with Crippen LogP contribution in [0.2, 0.25) is 0 Å². The van der Waals surface area contributed by atoms with Gasteiger partial charge in [-0.15, -0.1) is 0 Å². The van der Waals surface area contributed by atoms with Gasteiger partial charge >= 0.3 is 0 Å². The first kappa shape index (κ1) is 20.5. The molecule has 1 N–H and O–H groups in total. The molecule has 0 saturated heterocycles. The van der Waals surface area contributed by atoms with Crippen molar-refractivity contribution in [2.24, 2.45) is 5.92 Å². The maximum Gasteiger partial charge on any atom is 0.224 e. The second-order valence-electron chi connectivity index (χ2n) is 6.57. The molecular weight excluding hydrogens is 340 g/mol. The summed E-state index contributed by atoms with van der Waals surface area (Å²) in [7, 11) is 0. The molecule has 1 atom stereocenters. The lowest BCUT2D eigenvalue weighted by Gasteiger charge is -2.20. The van der Waals surface area contributed by atoms with Crippen molar-refractivity contribution in [3.8, 4) is 11.5 Å². The third-order valence-electron chi connectivity index (χ3n) is 4.29. The van der Waals surface area contributed by atoms with E-state index in [1.165, 1.54) is 0 Å². The van der Waals surface area contributed by atoms with E-state index in [2.05, 4.69) is 5.32 Å². The third kappa shape index (κ3) is 6.77. The van der Waals surface area contributed by atoms with E-state index in [0.29, 0.717) is 37.4 Å². The van der Waals surface area contributed by atoms with Crippen LogP contribution in [0.25, 0.3) is 0 Å². The van der Waals surface area contributed by atoms with E-state index in [1.807, 2.05) is 75.4 Å². The van der Waals surface area contributed by atoms with Gasteiger partial charge in [-0.25, -0.2) is 0 Å². The normalized spacial score (nSPS) is 11.5. The molecule has 144 valence electrons. The molecule has 0 aliphatic carbocycles. The van der Waals surface area contributed by atoms with Gasteiger partial charge in [-0.05, 0) is 56.2 Å². The topological polar surface area (TPSA) is 58.6 Å². The second-order valence-corrected chi connectivity index (χ2v) is 6.57. The zero-order valence-corrected chi connectivity index (χ0v) is 16.3. The van der Waals surface area contributed by atoms with Crippen LogP contribution in [0.15, 0.2) is 54.6 Å². The first-order valence-electron chi connectivity index (χ1n) is 9.42. The summed E-state index contributed by atoms with van der Waals surface area (Å²) < 4.78 is 5.74. The Morgan fingerprint density at radius 3 is 2.11 bits per heavy atom. The molecule has 2 rings (SSSR count). The van der Waals surface area contributed by atoms with Crippen LogP contribution in [0, 0.1) is 5.92 Å². The van der Waals surface area contributed by atoms with E-state index in [9.17, 15) is 9.59 Å². The summed E-state index contributed by atoms with van der Waals surface area (Å²) in [6.07, 6.45) is 0.703. The number of amides is 2. The monoisotopic (exact) mass is 368 g/mol. The molecule has 0 fully saturated rings. The Hall–Kier alpha value is -2.82. The molecule has 0 unspecified atom stereocenters. The summed E-state index contributed by atoms with van der Waals surface area (Å²) >= 11 is 0. The fraction of sp³-hybridized carbons (Fsp3) is 0.364. The minimum atomic E-state index is -0.0911. The Morgan fingerprint density at radius 1 is 0.926 bits per heavy atom. The molecule has 0 aromatic heterocycles. The van der Waals surface area contributed by atoms with E-state index >= 15 is 0 Å². The van der Waals surface area contributed by atoms with Crippen LogP contribution >= 0.6 is 0 Å². The maximum atomic E-state index is 12.2. The number of hydrogen-bond acceptors (Lipinski definition) is 3. The van der Waals surface area contributed by atoms with Gasteiger partial charge in [0, 0.05) is 31.6 Å². The van der Waals surface area contributed by atoms with Crippen LogP contribution in [0.4, 0.5) is 5.69 Å². The van der Waals surface area contributed by atoms with Gasteiger partial charge in [0.25, 0.3) is 0 Å². The largest absolute Gasteiger partial charge is 0.457 e. The van der Waals surface area contributed by atoms with Gasteiger partial charge in [0.15, 0.2) is 0 Å². The molecule has 0 heterocycles. The van der Waals surface area contributed by atoms with Crippen molar-refractivity contribution in [2.45, 2.75) is 33.6 Å². The lowest BCUT2D eigenvalue weighted by molar-refractivity contribution is -0.131. The molecule has 2 aromatic rings. The third-order valence-corrected chi connectivity index (χ3v) is 4.29. The highest BCUT2D eigenvalue weighted by Crippen LogP contribution is 2.23. The Labute approximate surface area is 161 Å². The van der Waals surface area contributed by atoms with Gasteiger partial charge in [0.1, 0.15) is 11.5 Å². The number of para-hydroxylation sites is 1. The molecule has 0 saturated carbocycles. The molecule has 0 aliphatic heterocycles. The molecule has 0 aliphatic rings. The van der Waals surface area contributed by atoms with Crippen molar-refractivity contribution >= 4 is 17.5 Å². The van der Waals surface area contributed by atoms with Gasteiger partial charge in [-0.3, -0.25) is 9.59 Å². The average molecular weight is 368 g/mol. The molecule has 0 radical (unpaired) electrons. The lowest BCUT2D eigenvalue weighted by atomic mass is 10.0. The number of rotatable bonds is 9. The van der Waals surface area contributed by atoms with Crippen molar-refractivity contribution in [1.29, 1.82) is 0 Å². The zero-order valence-electron chi connectivity index (χ0n) is 16.3. The molecule has 2 amide bonds. The van der Waals surface area contributed by atoms with Crippen molar-refractivity contribution in [1.82, 2.24) is 4.90 Å². The number of hydrogen-bond donors (Lipinski definition) is 1. The van der Waals surface area contributed by atoms with Crippen molar-refractivity contribution in [2.75, 3.05) is 18.4 Å². The Bertz CT molecular complexity index is 725. The minimum absolute atomic E-state index is 0.00112. The second kappa shape index (κ2) is 10.4. The molecule has 5 heteroatoms. The predicted molar refractivity (Wildman–Crippen MR) is 108 cm³/mol. The predicted octanol–water partition coefficient (Wildman–Crippen LogP) is 4.70. The van der Waals surface area contributed by atoms with Crippen molar-refractivity contribution in [3.63, 3.8) is 0 Å². The summed E-state index contributed by atoms with van der Waals surface area (Å²) in [5.41, 5.74) is 0.711. The minimum Gasteiger partial charge on any atom is -0.457 e. The highest BCUT2D eigenvalue weighted by atomic mass is 16.5. The SMILES string of the molecule is CCN(CC)C(=O)C[C@H](C)CC(=O)Nc1ccc(Oc2ccccc2)cc1. The summed E-state index contributed by atoms with van der Waals surface area (Å²) in [6.45, 7) is 7.25. The van der Waals surface area contributed by atoms with Crippen LogP contribution in [0.3, 0.4) is 0 Å². The van der Waals surface area contributed by atoms with Gasteiger partial charge in [0.05, 0.1) is 0 Å². The zero-order chi connectivity index (χ0) is 19.6. The van der Waals surface area contributed by atoms with Crippen molar-refractivity contribution in [3.05, 3.63) is 54.6 Å². The van der Waals surface area contributed by atoms with E-state index < -0.39 is 0 Å². The molecule has 2 aromatic carbocycles. The fourth-order valence-corrected chi connectivity index (χ4v) is 2.84. The number of ether oxygens (including phenoxy) is 1. The standard InChI is InChI=1S/C22H28N2O3/c1-4-24(5-2)22(26)16-17(3)15-21(25)23-18-11-13-20(14-12-18)27-19-9-7-6-8-10-19/h6-14,17H,4-5,15-16H2,1-3H3,(H,23,25)/t17-/m1/s1. The fourth-order valence-electron chi connectivity index (χ4n) is 2.84. The Kier molecular flexibility index (Phi) is 7.86.